The van der Waals surface area contributed by atoms with Crippen LogP contribution in [0.5, 0.6) is 0 Å². The Hall–Kier alpha value is -1.68. The van der Waals surface area contributed by atoms with Gasteiger partial charge in [-0.3, -0.25) is 9.59 Å². The lowest BCUT2D eigenvalue weighted by Gasteiger charge is -2.14. The molecule has 0 spiro atoms. The monoisotopic (exact) mass is 220 g/mol. The number of carbonyl (C=O) groups excluding carboxylic acids is 2. The van der Waals surface area contributed by atoms with Gasteiger partial charge >= 0.3 is 0 Å². The van der Waals surface area contributed by atoms with Crippen LogP contribution in [0.15, 0.2) is 18.2 Å². The first-order valence-corrected chi connectivity index (χ1v) is 5.03. The lowest BCUT2D eigenvalue weighted by molar-refractivity contribution is -0.114. The van der Waals surface area contributed by atoms with E-state index in [0.29, 0.717) is 11.3 Å². The molecule has 0 aromatic heterocycles. The van der Waals surface area contributed by atoms with Crippen LogP contribution in [0.4, 0.5) is 5.69 Å². The van der Waals surface area contributed by atoms with Crippen molar-refractivity contribution in [3.63, 3.8) is 0 Å². The van der Waals surface area contributed by atoms with Gasteiger partial charge in [0.15, 0.2) is 0 Å². The summed E-state index contributed by atoms with van der Waals surface area (Å²) in [4.78, 5) is 23.7. The number of hydrogen-bond acceptors (Lipinski definition) is 3. The highest BCUT2D eigenvalue weighted by Gasteiger charge is 2.06. The van der Waals surface area contributed by atoms with E-state index in [1.54, 1.807) is 12.1 Å². The number of nitrogens with one attached hydrogen (secondary N) is 1. The number of carbonyl (C=O) groups is 2. The summed E-state index contributed by atoms with van der Waals surface area (Å²) in [5.74, 6) is -0.136. The molecule has 0 saturated heterocycles. The van der Waals surface area contributed by atoms with E-state index in [1.165, 1.54) is 6.92 Å². The van der Waals surface area contributed by atoms with E-state index in [0.717, 1.165) is 18.4 Å². The van der Waals surface area contributed by atoms with Crippen LogP contribution in [0.2, 0.25) is 0 Å². The van der Waals surface area contributed by atoms with Crippen LogP contribution < -0.4 is 5.32 Å². The number of rotatable bonds is 4. The van der Waals surface area contributed by atoms with Gasteiger partial charge in [-0.15, -0.1) is 0 Å². The normalized spacial score (nSPS) is 10.2. The molecule has 0 unspecified atom stereocenters. The van der Waals surface area contributed by atoms with Gasteiger partial charge in [0.2, 0.25) is 5.91 Å². The smallest absolute Gasteiger partial charge is 0.221 e. The molecule has 4 heteroatoms. The van der Waals surface area contributed by atoms with Crippen molar-refractivity contribution in [2.75, 3.05) is 19.4 Å². The Morgan fingerprint density at radius 2 is 2.12 bits per heavy atom. The average molecular weight is 220 g/mol. The fourth-order valence-electron chi connectivity index (χ4n) is 1.45. The van der Waals surface area contributed by atoms with E-state index in [4.69, 9.17) is 0 Å². The van der Waals surface area contributed by atoms with Crippen LogP contribution in [0, 0.1) is 0 Å². The van der Waals surface area contributed by atoms with Crippen LogP contribution >= 0.6 is 0 Å². The second kappa shape index (κ2) is 5.42. The van der Waals surface area contributed by atoms with Crippen molar-refractivity contribution >= 4 is 17.9 Å². The van der Waals surface area contributed by atoms with Crippen molar-refractivity contribution < 1.29 is 9.59 Å². The van der Waals surface area contributed by atoms with Gasteiger partial charge < -0.3 is 10.2 Å². The molecule has 4 nitrogen and oxygen atoms in total. The minimum Gasteiger partial charge on any atom is -0.326 e. The van der Waals surface area contributed by atoms with Gasteiger partial charge in [0.25, 0.3) is 0 Å². The number of nitrogens with zero attached hydrogens (tertiary/aromatic N) is 1. The van der Waals surface area contributed by atoms with Crippen LogP contribution in [0.1, 0.15) is 22.8 Å². The van der Waals surface area contributed by atoms with Gasteiger partial charge in [0, 0.05) is 24.7 Å². The molecule has 16 heavy (non-hydrogen) atoms. The molecule has 1 amide bonds. The maximum Gasteiger partial charge on any atom is 0.221 e. The number of benzene rings is 1. The Labute approximate surface area is 95.3 Å². The third-order valence-corrected chi connectivity index (χ3v) is 2.07. The fraction of sp³-hybridized carbons (Fsp3) is 0.333. The first-order valence-electron chi connectivity index (χ1n) is 5.03. The van der Waals surface area contributed by atoms with Crippen molar-refractivity contribution in [1.82, 2.24) is 4.90 Å². The molecule has 0 atom stereocenters. The number of amides is 1. The highest BCUT2D eigenvalue weighted by Crippen LogP contribution is 2.18. The first-order chi connectivity index (χ1) is 7.52. The van der Waals surface area contributed by atoms with E-state index in [-0.39, 0.29) is 5.91 Å². The minimum absolute atomic E-state index is 0.136. The van der Waals surface area contributed by atoms with Gasteiger partial charge in [-0.05, 0) is 25.7 Å². The zero-order valence-corrected chi connectivity index (χ0v) is 9.78. The summed E-state index contributed by atoms with van der Waals surface area (Å²) < 4.78 is 0. The summed E-state index contributed by atoms with van der Waals surface area (Å²) in [6.45, 7) is 2.17. The molecule has 0 aliphatic carbocycles. The molecule has 0 fully saturated rings. The Kier molecular flexibility index (Phi) is 4.19. The van der Waals surface area contributed by atoms with E-state index < -0.39 is 0 Å². The van der Waals surface area contributed by atoms with Gasteiger partial charge in [0.05, 0.1) is 0 Å². The highest BCUT2D eigenvalue weighted by atomic mass is 16.1. The maximum atomic E-state index is 11.0. The largest absolute Gasteiger partial charge is 0.326 e. The van der Waals surface area contributed by atoms with Crippen molar-refractivity contribution in [2.45, 2.75) is 13.5 Å². The molecular formula is C12H16N2O2. The van der Waals surface area contributed by atoms with Gasteiger partial charge in [-0.1, -0.05) is 12.1 Å². The van der Waals surface area contributed by atoms with Gasteiger partial charge in [-0.25, -0.2) is 0 Å². The zero-order valence-electron chi connectivity index (χ0n) is 9.78. The Bertz CT molecular complexity index is 400. The summed E-state index contributed by atoms with van der Waals surface area (Å²) in [6.07, 6.45) is 0.769. The predicted octanol–water partition coefficient (Wildman–Crippen LogP) is 1.52. The minimum atomic E-state index is -0.136. The molecular weight excluding hydrogens is 204 g/mol. The van der Waals surface area contributed by atoms with Crippen molar-refractivity contribution in [1.29, 1.82) is 0 Å². The summed E-state index contributed by atoms with van der Waals surface area (Å²) in [6, 6.07) is 5.29. The lowest BCUT2D eigenvalue weighted by Crippen LogP contribution is -2.15. The van der Waals surface area contributed by atoms with E-state index in [9.17, 15) is 9.59 Å². The third kappa shape index (κ3) is 3.47. The van der Waals surface area contributed by atoms with Gasteiger partial charge in [0.1, 0.15) is 6.29 Å². The van der Waals surface area contributed by atoms with Crippen LogP contribution in [0.3, 0.4) is 0 Å². The summed E-state index contributed by atoms with van der Waals surface area (Å²) >= 11 is 0. The SMILES string of the molecule is CC(=O)Nc1cc(C=O)ccc1CN(C)C. The topological polar surface area (TPSA) is 49.4 Å². The summed E-state index contributed by atoms with van der Waals surface area (Å²) in [5.41, 5.74) is 2.25. The zero-order chi connectivity index (χ0) is 12.1. The number of aldehydes is 1. The maximum absolute atomic E-state index is 11.0. The average Bonchev–Trinajstić information content (AvgIpc) is 2.19. The Morgan fingerprint density at radius 1 is 1.44 bits per heavy atom. The van der Waals surface area contributed by atoms with Crippen LogP contribution in [-0.4, -0.2) is 31.2 Å². The first kappa shape index (κ1) is 12.4. The fourth-order valence-corrected chi connectivity index (χ4v) is 1.45. The van der Waals surface area contributed by atoms with Crippen molar-refractivity contribution in [3.05, 3.63) is 29.3 Å². The molecule has 1 N–H and O–H groups in total. The third-order valence-electron chi connectivity index (χ3n) is 2.07. The van der Waals surface area contributed by atoms with E-state index in [2.05, 4.69) is 5.32 Å². The quantitative estimate of drug-likeness (QED) is 0.783. The van der Waals surface area contributed by atoms with Crippen molar-refractivity contribution in [3.8, 4) is 0 Å². The molecule has 1 rings (SSSR count). The van der Waals surface area contributed by atoms with E-state index >= 15 is 0 Å². The standard InChI is InChI=1S/C12H16N2O2/c1-9(16)13-12-6-10(8-15)4-5-11(12)7-14(2)3/h4-6,8H,7H2,1-3H3,(H,13,16). The van der Waals surface area contributed by atoms with Crippen LogP contribution in [-0.2, 0) is 11.3 Å². The van der Waals surface area contributed by atoms with Gasteiger partial charge in [-0.2, -0.15) is 0 Å². The second-order valence-electron chi connectivity index (χ2n) is 3.95. The van der Waals surface area contributed by atoms with Crippen molar-refractivity contribution in [2.24, 2.45) is 0 Å². The molecule has 0 aliphatic rings. The number of hydrogen-bond donors (Lipinski definition) is 1. The lowest BCUT2D eigenvalue weighted by atomic mass is 10.1. The molecule has 1 aromatic rings. The van der Waals surface area contributed by atoms with E-state index in [1.807, 2.05) is 25.1 Å². The molecule has 1 aromatic carbocycles. The second-order valence-corrected chi connectivity index (χ2v) is 3.95. The summed E-state index contributed by atoms with van der Waals surface area (Å²) in [7, 11) is 3.90. The summed E-state index contributed by atoms with van der Waals surface area (Å²) in [5, 5.41) is 2.73. The Balaban J connectivity index is 3.05. The molecule has 0 radical (unpaired) electrons. The highest BCUT2D eigenvalue weighted by molar-refractivity contribution is 5.91. The molecule has 0 bridgehead atoms. The molecule has 0 heterocycles. The molecule has 0 aliphatic heterocycles. The predicted molar refractivity (Wildman–Crippen MR) is 63.5 cm³/mol. The molecule has 0 saturated carbocycles. The Morgan fingerprint density at radius 3 is 2.62 bits per heavy atom. The van der Waals surface area contributed by atoms with Crippen LogP contribution in [0.25, 0.3) is 0 Å². The molecule has 86 valence electrons. The number of anilines is 1.